The second kappa shape index (κ2) is 7.70. The lowest BCUT2D eigenvalue weighted by Gasteiger charge is -2.31. The summed E-state index contributed by atoms with van der Waals surface area (Å²) >= 11 is 0. The molecule has 3 rings (SSSR count). The predicted molar refractivity (Wildman–Crippen MR) is 98.2 cm³/mol. The van der Waals surface area contributed by atoms with Gasteiger partial charge in [-0.15, -0.1) is 0 Å². The number of hydrogen-bond donors (Lipinski definition) is 4. The Morgan fingerprint density at radius 1 is 1.22 bits per heavy atom. The van der Waals surface area contributed by atoms with E-state index in [1.54, 1.807) is 0 Å². The number of nitrogens with one attached hydrogen (secondary N) is 3. The molecule has 1 saturated carbocycles. The van der Waals surface area contributed by atoms with E-state index in [-0.39, 0.29) is 42.0 Å². The van der Waals surface area contributed by atoms with Crippen molar-refractivity contribution >= 4 is 22.6 Å². The van der Waals surface area contributed by atoms with Gasteiger partial charge >= 0.3 is 11.1 Å². The number of amides is 1. The first kappa shape index (κ1) is 18.8. The van der Waals surface area contributed by atoms with Gasteiger partial charge in [0.2, 0.25) is 5.91 Å². The summed E-state index contributed by atoms with van der Waals surface area (Å²) in [5.41, 5.74) is 4.51. The molecule has 144 valence electrons. The van der Waals surface area contributed by atoms with Crippen molar-refractivity contribution < 1.29 is 9.72 Å². The molecule has 27 heavy (non-hydrogen) atoms. The quantitative estimate of drug-likeness (QED) is 0.329. The van der Waals surface area contributed by atoms with Crippen molar-refractivity contribution in [2.24, 2.45) is 11.7 Å². The first-order valence-corrected chi connectivity index (χ1v) is 8.80. The van der Waals surface area contributed by atoms with E-state index >= 15 is 0 Å². The zero-order chi connectivity index (χ0) is 19.6. The van der Waals surface area contributed by atoms with Crippen LogP contribution in [0.1, 0.15) is 37.7 Å². The van der Waals surface area contributed by atoms with Crippen LogP contribution in [0.25, 0.3) is 11.0 Å². The van der Waals surface area contributed by atoms with Gasteiger partial charge in [0.25, 0.3) is 5.69 Å². The number of benzene rings is 1. The lowest BCUT2D eigenvalue weighted by Crippen LogP contribution is -2.40. The van der Waals surface area contributed by atoms with Crippen LogP contribution in [0.2, 0.25) is 0 Å². The Hall–Kier alpha value is -3.01. The van der Waals surface area contributed by atoms with Crippen molar-refractivity contribution in [1.82, 2.24) is 15.3 Å². The number of nitrogens with two attached hydrogens (primary N) is 1. The number of primary amides is 1. The van der Waals surface area contributed by atoms with Crippen LogP contribution in [-0.4, -0.2) is 26.8 Å². The summed E-state index contributed by atoms with van der Waals surface area (Å²) in [6.07, 6.45) is 4.10. The molecule has 10 nitrogen and oxygen atoms in total. The van der Waals surface area contributed by atoms with Crippen molar-refractivity contribution in [2.75, 3.05) is 0 Å². The SMILES string of the molecule is NC(=O)C[C@@H]1CCCC[C@@H]1NCc1cc([N+](=O)[O-])cc2[nH]c(=O)c(=O)[nH]c12. The molecular weight excluding hydrogens is 354 g/mol. The summed E-state index contributed by atoms with van der Waals surface area (Å²) in [4.78, 5) is 50.0. The molecule has 5 N–H and O–H groups in total. The average Bonchev–Trinajstić information content (AvgIpc) is 2.61. The number of aromatic amines is 2. The minimum absolute atomic E-state index is 0.0510. The van der Waals surface area contributed by atoms with Crippen molar-refractivity contribution in [3.63, 3.8) is 0 Å². The Morgan fingerprint density at radius 2 is 1.93 bits per heavy atom. The van der Waals surface area contributed by atoms with Crippen molar-refractivity contribution in [1.29, 1.82) is 0 Å². The van der Waals surface area contributed by atoms with Gasteiger partial charge in [-0.2, -0.15) is 0 Å². The third kappa shape index (κ3) is 4.22. The van der Waals surface area contributed by atoms with Crippen LogP contribution in [0.5, 0.6) is 0 Å². The van der Waals surface area contributed by atoms with Crippen LogP contribution in [-0.2, 0) is 11.3 Å². The van der Waals surface area contributed by atoms with Crippen molar-refractivity contribution in [2.45, 2.75) is 44.7 Å². The summed E-state index contributed by atoms with van der Waals surface area (Å²) in [6.45, 7) is 0.250. The normalized spacial score (nSPS) is 19.9. The zero-order valence-electron chi connectivity index (χ0n) is 14.6. The molecular formula is C17H21N5O5. The maximum absolute atomic E-state index is 11.7. The maximum Gasteiger partial charge on any atom is 0.314 e. The van der Waals surface area contributed by atoms with E-state index in [0.717, 1.165) is 25.7 Å². The summed E-state index contributed by atoms with van der Waals surface area (Å²) in [7, 11) is 0. The molecule has 1 fully saturated rings. The molecule has 0 saturated heterocycles. The van der Waals surface area contributed by atoms with E-state index in [9.17, 15) is 24.5 Å². The Morgan fingerprint density at radius 3 is 2.63 bits per heavy atom. The largest absolute Gasteiger partial charge is 0.370 e. The van der Waals surface area contributed by atoms with E-state index in [1.165, 1.54) is 12.1 Å². The fraction of sp³-hybridized carbons (Fsp3) is 0.471. The number of non-ortho nitro benzene ring substituents is 1. The van der Waals surface area contributed by atoms with Crippen LogP contribution >= 0.6 is 0 Å². The van der Waals surface area contributed by atoms with Gasteiger partial charge in [0.05, 0.1) is 16.0 Å². The van der Waals surface area contributed by atoms with Gasteiger partial charge in [-0.05, 0) is 24.3 Å². The third-order valence-corrected chi connectivity index (χ3v) is 5.04. The van der Waals surface area contributed by atoms with Crippen LogP contribution in [0, 0.1) is 16.0 Å². The molecule has 2 aromatic rings. The van der Waals surface area contributed by atoms with E-state index < -0.39 is 16.0 Å². The number of H-pyrrole nitrogens is 2. The second-order valence-electron chi connectivity index (χ2n) is 6.90. The number of fused-ring (bicyclic) bond motifs is 1. The van der Waals surface area contributed by atoms with Crippen LogP contribution in [0.15, 0.2) is 21.7 Å². The molecule has 10 heteroatoms. The maximum atomic E-state index is 11.7. The molecule has 2 atom stereocenters. The lowest BCUT2D eigenvalue weighted by atomic mass is 9.82. The van der Waals surface area contributed by atoms with Gasteiger partial charge in [0.15, 0.2) is 0 Å². The Kier molecular flexibility index (Phi) is 5.36. The number of nitrogens with zero attached hydrogens (tertiary/aromatic N) is 1. The van der Waals surface area contributed by atoms with Gasteiger partial charge in [0, 0.05) is 31.1 Å². The Bertz CT molecular complexity index is 995. The standard InChI is InChI=1S/C17H21N5O5/c18-14(23)6-9-3-1-2-4-12(9)19-8-10-5-11(22(26)27)7-13-15(10)21-17(25)16(24)20-13/h5,7,9,12,19H,1-4,6,8H2,(H2,18,23)(H,20,24)(H,21,25)/t9-,12-/m0/s1. The summed E-state index contributed by atoms with van der Waals surface area (Å²) in [5, 5.41) is 14.5. The number of aromatic nitrogens is 2. The van der Waals surface area contributed by atoms with Gasteiger partial charge in [0.1, 0.15) is 0 Å². The van der Waals surface area contributed by atoms with Crippen molar-refractivity contribution in [3.05, 3.63) is 48.5 Å². The highest BCUT2D eigenvalue weighted by atomic mass is 16.6. The first-order valence-electron chi connectivity index (χ1n) is 8.80. The third-order valence-electron chi connectivity index (χ3n) is 5.04. The molecule has 1 aromatic carbocycles. The molecule has 1 aromatic heterocycles. The molecule has 0 aliphatic heterocycles. The van der Waals surface area contributed by atoms with E-state index in [0.29, 0.717) is 11.1 Å². The summed E-state index contributed by atoms with van der Waals surface area (Å²) in [5.74, 6) is -0.239. The highest BCUT2D eigenvalue weighted by Crippen LogP contribution is 2.28. The van der Waals surface area contributed by atoms with Gasteiger partial charge in [-0.3, -0.25) is 24.5 Å². The van der Waals surface area contributed by atoms with Crippen LogP contribution in [0.4, 0.5) is 5.69 Å². The molecule has 1 aliphatic rings. The van der Waals surface area contributed by atoms with Gasteiger partial charge in [-0.1, -0.05) is 12.8 Å². The topological polar surface area (TPSA) is 164 Å². The average molecular weight is 375 g/mol. The van der Waals surface area contributed by atoms with Gasteiger partial charge in [-0.25, -0.2) is 0 Å². The lowest BCUT2D eigenvalue weighted by molar-refractivity contribution is -0.384. The number of carbonyl (C=O) groups excluding carboxylic acids is 1. The highest BCUT2D eigenvalue weighted by molar-refractivity contribution is 5.80. The molecule has 1 aliphatic carbocycles. The minimum Gasteiger partial charge on any atom is -0.370 e. The number of hydrogen-bond acceptors (Lipinski definition) is 6. The fourth-order valence-corrected chi connectivity index (χ4v) is 3.75. The molecule has 0 spiro atoms. The Balaban J connectivity index is 1.92. The zero-order valence-corrected chi connectivity index (χ0v) is 14.6. The smallest absolute Gasteiger partial charge is 0.314 e. The predicted octanol–water partition coefficient (Wildman–Crippen LogP) is 0.648. The minimum atomic E-state index is -0.865. The van der Waals surface area contributed by atoms with Crippen LogP contribution < -0.4 is 22.2 Å². The second-order valence-corrected chi connectivity index (χ2v) is 6.90. The number of nitro groups is 1. The molecule has 1 amide bonds. The molecule has 1 heterocycles. The number of rotatable bonds is 6. The Labute approximate surface area is 153 Å². The molecule has 0 unspecified atom stereocenters. The first-order chi connectivity index (χ1) is 12.8. The molecule has 0 radical (unpaired) electrons. The van der Waals surface area contributed by atoms with Crippen molar-refractivity contribution in [3.8, 4) is 0 Å². The van der Waals surface area contributed by atoms with E-state index in [2.05, 4.69) is 15.3 Å². The summed E-state index contributed by atoms with van der Waals surface area (Å²) < 4.78 is 0. The van der Waals surface area contributed by atoms with Gasteiger partial charge < -0.3 is 21.0 Å². The fourth-order valence-electron chi connectivity index (χ4n) is 3.75. The van der Waals surface area contributed by atoms with E-state index in [1.807, 2.05) is 0 Å². The summed E-state index contributed by atoms with van der Waals surface area (Å²) in [6, 6.07) is 2.64. The number of nitro benzene ring substituents is 1. The highest BCUT2D eigenvalue weighted by Gasteiger charge is 2.26. The number of carbonyl (C=O) groups is 1. The van der Waals surface area contributed by atoms with Crippen LogP contribution in [0.3, 0.4) is 0 Å². The monoisotopic (exact) mass is 375 g/mol. The molecule has 0 bridgehead atoms. The van der Waals surface area contributed by atoms with E-state index in [4.69, 9.17) is 5.73 Å².